The van der Waals surface area contributed by atoms with Gasteiger partial charge in [0.25, 0.3) is 0 Å². The first-order valence-electron chi connectivity index (χ1n) is 10.9. The van der Waals surface area contributed by atoms with E-state index in [1.54, 1.807) is 12.0 Å². The van der Waals surface area contributed by atoms with E-state index in [4.69, 9.17) is 20.4 Å². The maximum atomic E-state index is 11.6. The van der Waals surface area contributed by atoms with E-state index < -0.39 is 6.03 Å². The van der Waals surface area contributed by atoms with E-state index in [-0.39, 0.29) is 5.91 Å². The predicted molar refractivity (Wildman–Crippen MR) is 133 cm³/mol. The van der Waals surface area contributed by atoms with Gasteiger partial charge in [-0.15, -0.1) is 0 Å². The van der Waals surface area contributed by atoms with Crippen molar-refractivity contribution in [1.82, 2.24) is 25.1 Å². The monoisotopic (exact) mass is 497 g/mol. The van der Waals surface area contributed by atoms with E-state index in [0.29, 0.717) is 60.2 Å². The summed E-state index contributed by atoms with van der Waals surface area (Å²) in [5.41, 5.74) is 7.05. The SMILES string of the molecule is COc1c(Nc2cc(C)[nH]n2)nc(Sc2ccc(NC(C)=O)cc2)nc1N1CCN(C(N)=O)CC1. The van der Waals surface area contributed by atoms with Crippen molar-refractivity contribution < 1.29 is 14.3 Å². The number of H-pyrrole nitrogens is 1. The van der Waals surface area contributed by atoms with Crippen LogP contribution in [0.3, 0.4) is 0 Å². The third kappa shape index (κ3) is 5.93. The van der Waals surface area contributed by atoms with Gasteiger partial charge in [-0.25, -0.2) is 14.8 Å². The molecule has 1 saturated heterocycles. The van der Waals surface area contributed by atoms with Crippen LogP contribution in [-0.4, -0.2) is 70.3 Å². The molecule has 4 rings (SSSR count). The van der Waals surface area contributed by atoms with Crippen molar-refractivity contribution in [1.29, 1.82) is 0 Å². The van der Waals surface area contributed by atoms with Crippen LogP contribution in [-0.2, 0) is 4.79 Å². The summed E-state index contributed by atoms with van der Waals surface area (Å²) in [5.74, 6) is 2.02. The Balaban J connectivity index is 1.66. The lowest BCUT2D eigenvalue weighted by atomic mass is 10.3. The van der Waals surface area contributed by atoms with Crippen molar-refractivity contribution in [3.05, 3.63) is 36.0 Å². The molecule has 184 valence electrons. The average Bonchev–Trinajstić information content (AvgIpc) is 3.24. The molecule has 35 heavy (non-hydrogen) atoms. The number of urea groups is 1. The number of anilines is 4. The summed E-state index contributed by atoms with van der Waals surface area (Å²) < 4.78 is 5.72. The van der Waals surface area contributed by atoms with Gasteiger partial charge < -0.3 is 30.9 Å². The number of nitrogens with zero attached hydrogens (tertiary/aromatic N) is 5. The standard InChI is InChI=1S/C22H27N9O3S/c1-13-12-17(29-28-13)25-19-18(34-3)20(30-8-10-31(11-9-30)21(23)33)27-22(26-19)35-16-6-4-15(5-7-16)24-14(2)32/h4-7,12H,8-11H2,1-3H3,(H2,23,33)(H,24,32)(H2,25,26,27,28,29). The van der Waals surface area contributed by atoms with Gasteiger partial charge in [-0.2, -0.15) is 5.10 Å². The number of hydrogen-bond acceptors (Lipinski definition) is 9. The molecule has 0 bridgehead atoms. The van der Waals surface area contributed by atoms with Crippen LogP contribution >= 0.6 is 11.8 Å². The van der Waals surface area contributed by atoms with Crippen molar-refractivity contribution in [3.63, 3.8) is 0 Å². The fraction of sp³-hybridized carbons (Fsp3) is 0.318. The second-order valence-corrected chi connectivity index (χ2v) is 8.93. The van der Waals surface area contributed by atoms with Crippen molar-refractivity contribution in [2.45, 2.75) is 23.9 Å². The second kappa shape index (κ2) is 10.5. The van der Waals surface area contributed by atoms with Crippen molar-refractivity contribution >= 4 is 46.8 Å². The molecule has 1 aliphatic rings. The van der Waals surface area contributed by atoms with Gasteiger partial charge in [0, 0.05) is 55.4 Å². The third-order valence-electron chi connectivity index (χ3n) is 5.26. The number of carbonyl (C=O) groups is 2. The summed E-state index contributed by atoms with van der Waals surface area (Å²) in [6.07, 6.45) is 0. The number of aryl methyl sites for hydroxylation is 1. The normalized spacial score (nSPS) is 13.5. The van der Waals surface area contributed by atoms with E-state index >= 15 is 0 Å². The Morgan fingerprint density at radius 1 is 1.14 bits per heavy atom. The van der Waals surface area contributed by atoms with Crippen LogP contribution in [0.2, 0.25) is 0 Å². The maximum Gasteiger partial charge on any atom is 0.314 e. The smallest absolute Gasteiger partial charge is 0.314 e. The van der Waals surface area contributed by atoms with Gasteiger partial charge in [-0.1, -0.05) is 0 Å². The highest BCUT2D eigenvalue weighted by Crippen LogP contribution is 2.38. The lowest BCUT2D eigenvalue weighted by Crippen LogP contribution is -2.50. The largest absolute Gasteiger partial charge is 0.490 e. The fourth-order valence-electron chi connectivity index (χ4n) is 3.61. The number of carbonyl (C=O) groups excluding carboxylic acids is 2. The lowest BCUT2D eigenvalue weighted by Gasteiger charge is -2.35. The van der Waals surface area contributed by atoms with Crippen LogP contribution in [0.5, 0.6) is 5.75 Å². The molecule has 3 aromatic rings. The van der Waals surface area contributed by atoms with Gasteiger partial charge in [-0.3, -0.25) is 9.89 Å². The van der Waals surface area contributed by atoms with Crippen LogP contribution in [0.1, 0.15) is 12.6 Å². The maximum absolute atomic E-state index is 11.6. The molecule has 1 aliphatic heterocycles. The van der Waals surface area contributed by atoms with Gasteiger partial charge in [0.2, 0.25) is 11.7 Å². The van der Waals surface area contributed by atoms with Gasteiger partial charge in [0.15, 0.2) is 22.6 Å². The van der Waals surface area contributed by atoms with E-state index in [0.717, 1.165) is 10.6 Å². The zero-order valence-electron chi connectivity index (χ0n) is 19.7. The minimum absolute atomic E-state index is 0.130. The number of rotatable bonds is 7. The first kappa shape index (κ1) is 24.1. The third-order valence-corrected chi connectivity index (χ3v) is 6.13. The number of piperazine rings is 1. The minimum atomic E-state index is -0.436. The molecular formula is C22H27N9O3S. The molecule has 0 radical (unpaired) electrons. The molecule has 0 spiro atoms. The summed E-state index contributed by atoms with van der Waals surface area (Å²) in [6.45, 7) is 5.44. The van der Waals surface area contributed by atoms with Crippen molar-refractivity contribution in [3.8, 4) is 5.75 Å². The van der Waals surface area contributed by atoms with Gasteiger partial charge in [0.05, 0.1) is 7.11 Å². The molecule has 1 fully saturated rings. The van der Waals surface area contributed by atoms with Crippen LogP contribution in [0.25, 0.3) is 0 Å². The van der Waals surface area contributed by atoms with Gasteiger partial charge >= 0.3 is 6.03 Å². The highest BCUT2D eigenvalue weighted by atomic mass is 32.2. The van der Waals surface area contributed by atoms with Crippen molar-refractivity contribution in [2.75, 3.05) is 48.8 Å². The predicted octanol–water partition coefficient (Wildman–Crippen LogP) is 2.57. The number of ether oxygens (including phenoxy) is 1. The first-order chi connectivity index (χ1) is 16.8. The number of benzene rings is 1. The number of aromatic nitrogens is 4. The Bertz CT molecular complexity index is 1210. The summed E-state index contributed by atoms with van der Waals surface area (Å²) in [5, 5.41) is 13.6. The van der Waals surface area contributed by atoms with Crippen LogP contribution in [0.4, 0.5) is 27.9 Å². The highest BCUT2D eigenvalue weighted by Gasteiger charge is 2.26. The molecule has 0 atom stereocenters. The number of aromatic amines is 1. The average molecular weight is 498 g/mol. The first-order valence-corrected chi connectivity index (χ1v) is 11.7. The topological polar surface area (TPSA) is 154 Å². The van der Waals surface area contributed by atoms with Gasteiger partial charge in [-0.05, 0) is 43.0 Å². The molecule has 0 saturated carbocycles. The van der Waals surface area contributed by atoms with Crippen LogP contribution in [0, 0.1) is 6.92 Å². The zero-order chi connectivity index (χ0) is 24.9. The summed E-state index contributed by atoms with van der Waals surface area (Å²) >= 11 is 1.38. The number of nitrogens with two attached hydrogens (primary N) is 1. The number of hydrogen-bond donors (Lipinski definition) is 4. The van der Waals surface area contributed by atoms with E-state index in [1.165, 1.54) is 18.7 Å². The highest BCUT2D eigenvalue weighted by molar-refractivity contribution is 7.99. The van der Waals surface area contributed by atoms with Gasteiger partial charge in [0.1, 0.15) is 0 Å². The quantitative estimate of drug-likeness (QED) is 0.361. The van der Waals surface area contributed by atoms with Crippen LogP contribution < -0.4 is 26.0 Å². The summed E-state index contributed by atoms with van der Waals surface area (Å²) in [7, 11) is 1.57. The Kier molecular flexibility index (Phi) is 7.25. The molecule has 3 heterocycles. The van der Waals surface area contributed by atoms with E-state index in [9.17, 15) is 9.59 Å². The molecule has 2 aromatic heterocycles. The number of methoxy groups -OCH3 is 1. The minimum Gasteiger partial charge on any atom is -0.490 e. The lowest BCUT2D eigenvalue weighted by molar-refractivity contribution is -0.114. The molecule has 12 nitrogen and oxygen atoms in total. The molecule has 3 amide bonds. The second-order valence-electron chi connectivity index (χ2n) is 7.89. The molecule has 1 aromatic carbocycles. The Hall–Kier alpha value is -4.00. The molecule has 0 unspecified atom stereocenters. The molecule has 13 heteroatoms. The number of nitrogens with one attached hydrogen (secondary N) is 3. The Morgan fingerprint density at radius 2 is 1.86 bits per heavy atom. The molecular weight excluding hydrogens is 470 g/mol. The molecule has 5 N–H and O–H groups in total. The Labute approximate surface area is 206 Å². The summed E-state index contributed by atoms with van der Waals surface area (Å²) in [6, 6.07) is 8.85. The van der Waals surface area contributed by atoms with E-state index in [1.807, 2.05) is 42.2 Å². The fourth-order valence-corrected chi connectivity index (χ4v) is 4.36. The van der Waals surface area contributed by atoms with Crippen molar-refractivity contribution in [2.24, 2.45) is 5.73 Å². The number of amides is 3. The van der Waals surface area contributed by atoms with Crippen LogP contribution in [0.15, 0.2) is 40.4 Å². The summed E-state index contributed by atoms with van der Waals surface area (Å²) in [4.78, 5) is 36.9. The molecule has 0 aliphatic carbocycles. The van der Waals surface area contributed by atoms with E-state index in [2.05, 4.69) is 20.8 Å². The number of primary amides is 1. The Morgan fingerprint density at radius 3 is 2.43 bits per heavy atom. The zero-order valence-corrected chi connectivity index (χ0v) is 20.5.